The van der Waals surface area contributed by atoms with Crippen molar-refractivity contribution < 1.29 is 32.9 Å². The van der Waals surface area contributed by atoms with Crippen LogP contribution in [0.5, 0.6) is 11.5 Å². The van der Waals surface area contributed by atoms with Gasteiger partial charge in [0.15, 0.2) is 6.10 Å². The van der Waals surface area contributed by atoms with Gasteiger partial charge in [0.25, 0.3) is 0 Å². The molecule has 1 amide bonds. The van der Waals surface area contributed by atoms with E-state index in [-0.39, 0.29) is 24.3 Å². The van der Waals surface area contributed by atoms with Gasteiger partial charge in [0.1, 0.15) is 24.2 Å². The molecule has 0 radical (unpaired) electrons. The molecular weight excluding hydrogens is 600 g/mol. The number of halogens is 2. The number of nitrogens with one attached hydrogen (secondary N) is 1. The van der Waals surface area contributed by atoms with Gasteiger partial charge in [0, 0.05) is 62.7 Å². The molecule has 2 N–H and O–H groups in total. The number of carbonyl (C=O) groups excluding carboxylic acids is 1. The molecule has 12 nitrogen and oxygen atoms in total. The number of hydrogen-bond donors (Lipinski definition) is 2. The van der Waals surface area contributed by atoms with Crippen molar-refractivity contribution in [2.75, 3.05) is 76.4 Å². The second-order valence-electron chi connectivity index (χ2n) is 11.4. The standard InChI is InChI=1S/C32H35F2N7O5/c1-44-28-15-23(3-4-26(28)40-12-10-39(11-13-40)24-18-45-19-24)37-31-36-8-6-25(38-31)21-2-5-27(22(14-21)16-35)46-29-7-9-41(30(43)17-42)20-32(29,33)34/h2-6,8,14-15,24,29,42H,7,9-13,17-20H2,1H3,(H,36,37,38). The molecule has 0 aliphatic carbocycles. The van der Waals surface area contributed by atoms with Crippen LogP contribution in [0.2, 0.25) is 0 Å². The average Bonchev–Trinajstić information content (AvgIpc) is 3.05. The van der Waals surface area contributed by atoms with E-state index in [1.165, 1.54) is 12.1 Å². The molecule has 0 spiro atoms. The number of aromatic nitrogens is 2. The first-order chi connectivity index (χ1) is 22.3. The van der Waals surface area contributed by atoms with Crippen molar-refractivity contribution in [2.45, 2.75) is 24.5 Å². The van der Waals surface area contributed by atoms with Crippen LogP contribution < -0.4 is 19.7 Å². The number of nitrogens with zero attached hydrogens (tertiary/aromatic N) is 6. The van der Waals surface area contributed by atoms with Crippen molar-refractivity contribution in [1.82, 2.24) is 19.8 Å². The van der Waals surface area contributed by atoms with E-state index in [1.807, 2.05) is 24.3 Å². The number of anilines is 3. The first kappa shape index (κ1) is 31.4. The lowest BCUT2D eigenvalue weighted by molar-refractivity contribution is -0.161. The number of rotatable bonds is 9. The van der Waals surface area contributed by atoms with Gasteiger partial charge in [-0.1, -0.05) is 0 Å². The number of ether oxygens (including phenoxy) is 3. The maximum atomic E-state index is 14.8. The second-order valence-corrected chi connectivity index (χ2v) is 11.4. The predicted molar refractivity (Wildman–Crippen MR) is 164 cm³/mol. The van der Waals surface area contributed by atoms with E-state index in [4.69, 9.17) is 19.3 Å². The molecule has 1 aromatic heterocycles. The van der Waals surface area contributed by atoms with Crippen LogP contribution in [0.3, 0.4) is 0 Å². The van der Waals surface area contributed by atoms with Crippen molar-refractivity contribution in [1.29, 1.82) is 5.26 Å². The summed E-state index contributed by atoms with van der Waals surface area (Å²) in [5.74, 6) is -3.06. The maximum Gasteiger partial charge on any atom is 0.301 e. The number of amides is 1. The van der Waals surface area contributed by atoms with Crippen LogP contribution in [0.4, 0.5) is 26.1 Å². The molecule has 1 unspecified atom stereocenters. The zero-order valence-electron chi connectivity index (χ0n) is 25.4. The Balaban J connectivity index is 1.13. The number of carbonyl (C=O) groups is 1. The Hall–Kier alpha value is -4.58. The molecule has 3 aromatic rings. The summed E-state index contributed by atoms with van der Waals surface area (Å²) in [5.41, 5.74) is 2.90. The summed E-state index contributed by atoms with van der Waals surface area (Å²) in [6.45, 7) is 3.66. The minimum absolute atomic E-state index is 0.0101. The quantitative estimate of drug-likeness (QED) is 0.359. The van der Waals surface area contributed by atoms with Crippen LogP contribution in [0, 0.1) is 11.3 Å². The normalized spacial score (nSPS) is 20.0. The van der Waals surface area contributed by atoms with Gasteiger partial charge >= 0.3 is 5.92 Å². The topological polar surface area (TPSA) is 136 Å². The Morgan fingerprint density at radius 1 is 1.13 bits per heavy atom. The van der Waals surface area contributed by atoms with Gasteiger partial charge in [-0.15, -0.1) is 0 Å². The van der Waals surface area contributed by atoms with Gasteiger partial charge in [-0.3, -0.25) is 9.69 Å². The van der Waals surface area contributed by atoms with E-state index >= 15 is 0 Å². The van der Waals surface area contributed by atoms with Crippen LogP contribution in [0.25, 0.3) is 11.3 Å². The van der Waals surface area contributed by atoms with Gasteiger partial charge in [-0.25, -0.2) is 18.7 Å². The van der Waals surface area contributed by atoms with Crippen LogP contribution >= 0.6 is 0 Å². The number of benzene rings is 2. The molecule has 242 valence electrons. The molecule has 0 saturated carbocycles. The lowest BCUT2D eigenvalue weighted by Gasteiger charge is -2.43. The van der Waals surface area contributed by atoms with Crippen LogP contribution in [-0.4, -0.2) is 115 Å². The van der Waals surface area contributed by atoms with Crippen LogP contribution in [0.1, 0.15) is 12.0 Å². The number of aliphatic hydroxyl groups is 1. The molecule has 14 heteroatoms. The average molecular weight is 636 g/mol. The van der Waals surface area contributed by atoms with E-state index < -0.39 is 31.1 Å². The Morgan fingerprint density at radius 3 is 2.61 bits per heavy atom. The van der Waals surface area contributed by atoms with Crippen molar-refractivity contribution in [3.63, 3.8) is 0 Å². The molecule has 3 aliphatic rings. The van der Waals surface area contributed by atoms with E-state index in [0.717, 1.165) is 61.4 Å². The number of alkyl halides is 2. The Kier molecular flexibility index (Phi) is 9.16. The van der Waals surface area contributed by atoms with Gasteiger partial charge in [0.2, 0.25) is 11.9 Å². The Labute approximate surface area is 265 Å². The first-order valence-electron chi connectivity index (χ1n) is 15.1. The number of aliphatic hydroxyl groups excluding tert-OH is 1. The summed E-state index contributed by atoms with van der Waals surface area (Å²) in [5, 5.41) is 22.0. The molecule has 1 atom stereocenters. The second kappa shape index (κ2) is 13.4. The number of nitriles is 1. The highest BCUT2D eigenvalue weighted by atomic mass is 19.3. The fourth-order valence-electron chi connectivity index (χ4n) is 5.90. The highest BCUT2D eigenvalue weighted by molar-refractivity contribution is 5.77. The zero-order valence-corrected chi connectivity index (χ0v) is 25.4. The lowest BCUT2D eigenvalue weighted by Crippen LogP contribution is -2.56. The fourth-order valence-corrected chi connectivity index (χ4v) is 5.90. The number of hydrogen-bond acceptors (Lipinski definition) is 11. The third-order valence-electron chi connectivity index (χ3n) is 8.57. The first-order valence-corrected chi connectivity index (χ1v) is 15.1. The van der Waals surface area contributed by atoms with Crippen LogP contribution in [0.15, 0.2) is 48.7 Å². The summed E-state index contributed by atoms with van der Waals surface area (Å²) in [4.78, 5) is 26.3. The summed E-state index contributed by atoms with van der Waals surface area (Å²) in [7, 11) is 1.64. The largest absolute Gasteiger partial charge is 0.495 e. The lowest BCUT2D eigenvalue weighted by atomic mass is 10.0. The van der Waals surface area contributed by atoms with E-state index in [2.05, 4.69) is 25.1 Å². The third kappa shape index (κ3) is 6.67. The third-order valence-corrected chi connectivity index (χ3v) is 8.57. The summed E-state index contributed by atoms with van der Waals surface area (Å²) >= 11 is 0. The monoisotopic (exact) mass is 635 g/mol. The van der Waals surface area contributed by atoms with E-state index in [0.29, 0.717) is 23.2 Å². The molecule has 3 fully saturated rings. The fraction of sp³-hybridized carbons (Fsp3) is 0.438. The Bertz CT molecular complexity index is 1610. The van der Waals surface area contributed by atoms with Crippen LogP contribution in [-0.2, 0) is 9.53 Å². The summed E-state index contributed by atoms with van der Waals surface area (Å²) in [6, 6.07) is 14.7. The SMILES string of the molecule is COc1cc(Nc2nccc(-c3ccc(OC4CCN(C(=O)CO)CC4(F)F)c(C#N)c3)n2)ccc1N1CCN(C2COC2)CC1. The number of methoxy groups -OCH3 is 1. The molecule has 6 rings (SSSR count). The van der Waals surface area contributed by atoms with E-state index in [9.17, 15) is 18.8 Å². The van der Waals surface area contributed by atoms with Crippen molar-refractivity contribution in [2.24, 2.45) is 0 Å². The summed E-state index contributed by atoms with van der Waals surface area (Å²) < 4.78 is 46.3. The minimum Gasteiger partial charge on any atom is -0.495 e. The van der Waals surface area contributed by atoms with Gasteiger partial charge in [-0.05, 0) is 36.4 Å². The number of likely N-dealkylation sites (tertiary alicyclic amines) is 1. The molecular formula is C32H35F2N7O5. The van der Waals surface area contributed by atoms with Gasteiger partial charge < -0.3 is 34.4 Å². The van der Waals surface area contributed by atoms with Crippen molar-refractivity contribution in [3.8, 4) is 28.8 Å². The predicted octanol–water partition coefficient (Wildman–Crippen LogP) is 2.90. The van der Waals surface area contributed by atoms with Gasteiger partial charge in [-0.2, -0.15) is 5.26 Å². The maximum absolute atomic E-state index is 14.8. The zero-order chi connectivity index (χ0) is 32.3. The molecule has 2 aromatic carbocycles. The molecule has 3 saturated heterocycles. The number of piperazine rings is 1. The minimum atomic E-state index is -3.36. The van der Waals surface area contributed by atoms with Crippen molar-refractivity contribution >= 4 is 23.2 Å². The summed E-state index contributed by atoms with van der Waals surface area (Å²) in [6.07, 6.45) is -0.0924. The smallest absolute Gasteiger partial charge is 0.301 e. The van der Waals surface area contributed by atoms with Gasteiger partial charge in [0.05, 0.1) is 49.9 Å². The Morgan fingerprint density at radius 2 is 1.93 bits per heavy atom. The molecule has 0 bridgehead atoms. The molecule has 4 heterocycles. The highest BCUT2D eigenvalue weighted by Crippen LogP contribution is 2.35. The van der Waals surface area contributed by atoms with E-state index in [1.54, 1.807) is 25.4 Å². The highest BCUT2D eigenvalue weighted by Gasteiger charge is 2.47. The number of piperidine rings is 1. The molecule has 3 aliphatic heterocycles. The molecule has 46 heavy (non-hydrogen) atoms. The van der Waals surface area contributed by atoms with Crippen molar-refractivity contribution in [3.05, 3.63) is 54.2 Å².